The molecule has 2 aromatic carbocycles. The van der Waals surface area contributed by atoms with Gasteiger partial charge in [0.25, 0.3) is 0 Å². The summed E-state index contributed by atoms with van der Waals surface area (Å²) in [5, 5.41) is 12.8. The van der Waals surface area contributed by atoms with E-state index in [1.54, 1.807) is 0 Å². The van der Waals surface area contributed by atoms with Crippen molar-refractivity contribution in [3.63, 3.8) is 0 Å². The lowest BCUT2D eigenvalue weighted by Gasteiger charge is -2.25. The second-order valence-electron chi connectivity index (χ2n) is 5.45. The topological polar surface area (TPSA) is 32.3 Å². The average Bonchev–Trinajstić information content (AvgIpc) is 2.46. The molecule has 0 saturated carbocycles. The molecule has 2 rings (SSSR count). The third-order valence-corrected chi connectivity index (χ3v) is 3.59. The Morgan fingerprint density at radius 1 is 1.05 bits per heavy atom. The largest absolute Gasteiger partial charge is 0.395 e. The maximum Gasteiger partial charge on any atom is 0.0582 e. The highest BCUT2D eigenvalue weighted by Gasteiger charge is 2.17. The van der Waals surface area contributed by atoms with Crippen LogP contribution in [0.4, 0.5) is 0 Å². The monoisotopic (exact) mass is 269 g/mol. The van der Waals surface area contributed by atoms with Crippen LogP contribution in [0.25, 0.3) is 0 Å². The molecule has 2 aromatic rings. The highest BCUT2D eigenvalue weighted by Crippen LogP contribution is 2.26. The first kappa shape index (κ1) is 14.8. The van der Waals surface area contributed by atoms with E-state index in [9.17, 15) is 5.11 Å². The quantitative estimate of drug-likeness (QED) is 0.872. The SMILES string of the molecule is Cc1ccc(C(N[C@H](C)CO)c2ccccc2)c(C)c1. The Kier molecular flexibility index (Phi) is 4.94. The number of benzene rings is 2. The second-order valence-corrected chi connectivity index (χ2v) is 5.45. The van der Waals surface area contributed by atoms with Gasteiger partial charge in [0, 0.05) is 6.04 Å². The molecule has 2 N–H and O–H groups in total. The summed E-state index contributed by atoms with van der Waals surface area (Å²) >= 11 is 0. The Morgan fingerprint density at radius 3 is 2.35 bits per heavy atom. The number of hydrogen-bond donors (Lipinski definition) is 2. The van der Waals surface area contributed by atoms with Crippen LogP contribution >= 0.6 is 0 Å². The van der Waals surface area contributed by atoms with E-state index < -0.39 is 0 Å². The zero-order chi connectivity index (χ0) is 14.5. The molecule has 0 heterocycles. The smallest absolute Gasteiger partial charge is 0.0582 e. The standard InChI is InChI=1S/C18H23NO/c1-13-9-10-17(14(2)11-13)18(19-15(3)12-20)16-7-5-4-6-8-16/h4-11,15,18-20H,12H2,1-3H3/t15-,18?/m1/s1. The molecule has 0 aliphatic heterocycles. The highest BCUT2D eigenvalue weighted by atomic mass is 16.3. The summed E-state index contributed by atoms with van der Waals surface area (Å²) in [6.45, 7) is 6.38. The van der Waals surface area contributed by atoms with Crippen LogP contribution < -0.4 is 5.32 Å². The van der Waals surface area contributed by atoms with Crippen molar-refractivity contribution in [1.29, 1.82) is 0 Å². The maximum atomic E-state index is 9.33. The van der Waals surface area contributed by atoms with Crippen LogP contribution in [0.3, 0.4) is 0 Å². The molecule has 0 aliphatic rings. The van der Waals surface area contributed by atoms with Crippen LogP contribution in [-0.4, -0.2) is 17.8 Å². The van der Waals surface area contributed by atoms with Crippen molar-refractivity contribution in [3.05, 3.63) is 70.8 Å². The summed E-state index contributed by atoms with van der Waals surface area (Å²) < 4.78 is 0. The molecule has 0 amide bonds. The first-order valence-electron chi connectivity index (χ1n) is 7.11. The van der Waals surface area contributed by atoms with Crippen molar-refractivity contribution < 1.29 is 5.11 Å². The highest BCUT2D eigenvalue weighted by molar-refractivity contribution is 5.39. The van der Waals surface area contributed by atoms with E-state index in [-0.39, 0.29) is 18.7 Å². The van der Waals surface area contributed by atoms with Crippen LogP contribution in [0.15, 0.2) is 48.5 Å². The molecule has 1 unspecified atom stereocenters. The van der Waals surface area contributed by atoms with E-state index in [0.717, 1.165) is 0 Å². The van der Waals surface area contributed by atoms with E-state index in [1.165, 1.54) is 22.3 Å². The normalized spacial score (nSPS) is 14.0. The van der Waals surface area contributed by atoms with Crippen LogP contribution in [0, 0.1) is 13.8 Å². The number of aryl methyl sites for hydroxylation is 2. The molecule has 0 saturated heterocycles. The minimum atomic E-state index is 0.0564. The predicted molar refractivity (Wildman–Crippen MR) is 83.9 cm³/mol. The Balaban J connectivity index is 2.40. The number of rotatable bonds is 5. The summed E-state index contributed by atoms with van der Waals surface area (Å²) in [6, 6.07) is 17.1. The molecule has 2 heteroatoms. The van der Waals surface area contributed by atoms with Gasteiger partial charge in [-0.25, -0.2) is 0 Å². The van der Waals surface area contributed by atoms with Gasteiger partial charge in [-0.3, -0.25) is 0 Å². The van der Waals surface area contributed by atoms with Gasteiger partial charge in [0.2, 0.25) is 0 Å². The first-order valence-corrected chi connectivity index (χ1v) is 7.11. The van der Waals surface area contributed by atoms with Crippen LogP contribution in [-0.2, 0) is 0 Å². The lowest BCUT2D eigenvalue weighted by atomic mass is 9.93. The zero-order valence-corrected chi connectivity index (χ0v) is 12.4. The number of aliphatic hydroxyl groups is 1. The Hall–Kier alpha value is -1.64. The van der Waals surface area contributed by atoms with Crippen molar-refractivity contribution in [2.45, 2.75) is 32.9 Å². The number of aliphatic hydroxyl groups excluding tert-OH is 1. The van der Waals surface area contributed by atoms with Gasteiger partial charge in [-0.1, -0.05) is 54.1 Å². The summed E-state index contributed by atoms with van der Waals surface area (Å²) in [5.74, 6) is 0. The predicted octanol–water partition coefficient (Wildman–Crippen LogP) is 3.36. The van der Waals surface area contributed by atoms with Gasteiger partial charge < -0.3 is 10.4 Å². The molecule has 2 nitrogen and oxygen atoms in total. The minimum absolute atomic E-state index is 0.0564. The zero-order valence-electron chi connectivity index (χ0n) is 12.4. The molecule has 0 radical (unpaired) electrons. The summed E-state index contributed by atoms with van der Waals surface area (Å²) in [5.41, 5.74) is 5.03. The van der Waals surface area contributed by atoms with Crippen LogP contribution in [0.1, 0.15) is 35.2 Å². The Bertz CT molecular complexity index is 551. The first-order chi connectivity index (χ1) is 9.61. The van der Waals surface area contributed by atoms with E-state index in [4.69, 9.17) is 0 Å². The molecular formula is C18H23NO. The minimum Gasteiger partial charge on any atom is -0.395 e. The van der Waals surface area contributed by atoms with Gasteiger partial charge in [0.1, 0.15) is 0 Å². The van der Waals surface area contributed by atoms with E-state index >= 15 is 0 Å². The average molecular weight is 269 g/mol. The molecule has 20 heavy (non-hydrogen) atoms. The van der Waals surface area contributed by atoms with E-state index in [2.05, 4.69) is 61.6 Å². The Labute approximate surface area is 121 Å². The van der Waals surface area contributed by atoms with E-state index in [0.29, 0.717) is 0 Å². The van der Waals surface area contributed by atoms with Gasteiger partial charge in [0.15, 0.2) is 0 Å². The molecular weight excluding hydrogens is 246 g/mol. The van der Waals surface area contributed by atoms with Gasteiger partial charge in [-0.15, -0.1) is 0 Å². The molecule has 0 aromatic heterocycles. The summed E-state index contributed by atoms with van der Waals surface area (Å²) in [6.07, 6.45) is 0. The number of hydrogen-bond acceptors (Lipinski definition) is 2. The van der Waals surface area contributed by atoms with E-state index in [1.807, 2.05) is 13.0 Å². The third kappa shape index (κ3) is 3.47. The maximum absolute atomic E-state index is 9.33. The number of nitrogens with one attached hydrogen (secondary N) is 1. The van der Waals surface area contributed by atoms with Crippen molar-refractivity contribution >= 4 is 0 Å². The van der Waals surface area contributed by atoms with Crippen molar-refractivity contribution in [2.75, 3.05) is 6.61 Å². The third-order valence-electron chi connectivity index (χ3n) is 3.59. The molecule has 2 atom stereocenters. The fraction of sp³-hybridized carbons (Fsp3) is 0.333. The molecule has 106 valence electrons. The molecule has 0 aliphatic carbocycles. The second kappa shape index (κ2) is 6.69. The fourth-order valence-corrected chi connectivity index (χ4v) is 2.50. The van der Waals surface area contributed by atoms with Gasteiger partial charge in [-0.2, -0.15) is 0 Å². The summed E-state index contributed by atoms with van der Waals surface area (Å²) in [4.78, 5) is 0. The van der Waals surface area contributed by atoms with Crippen LogP contribution in [0.2, 0.25) is 0 Å². The van der Waals surface area contributed by atoms with Gasteiger partial charge in [0.05, 0.1) is 12.6 Å². The molecule has 0 bridgehead atoms. The van der Waals surface area contributed by atoms with Crippen molar-refractivity contribution in [2.24, 2.45) is 0 Å². The molecule has 0 spiro atoms. The van der Waals surface area contributed by atoms with Gasteiger partial charge in [-0.05, 0) is 37.5 Å². The summed E-state index contributed by atoms with van der Waals surface area (Å²) in [7, 11) is 0. The van der Waals surface area contributed by atoms with Crippen LogP contribution in [0.5, 0.6) is 0 Å². The molecule has 0 fully saturated rings. The lowest BCUT2D eigenvalue weighted by Crippen LogP contribution is -2.34. The van der Waals surface area contributed by atoms with Crippen molar-refractivity contribution in [3.8, 4) is 0 Å². The van der Waals surface area contributed by atoms with Crippen molar-refractivity contribution in [1.82, 2.24) is 5.32 Å². The lowest BCUT2D eigenvalue weighted by molar-refractivity contribution is 0.245. The fourth-order valence-electron chi connectivity index (χ4n) is 2.50. The Morgan fingerprint density at radius 2 is 1.75 bits per heavy atom. The van der Waals surface area contributed by atoms with Gasteiger partial charge >= 0.3 is 0 Å².